The van der Waals surface area contributed by atoms with Gasteiger partial charge in [0.1, 0.15) is 0 Å². The van der Waals surface area contributed by atoms with Crippen LogP contribution in [-0.2, 0) is 16.0 Å². The zero-order valence-corrected chi connectivity index (χ0v) is 10.9. The van der Waals surface area contributed by atoms with Crippen molar-refractivity contribution in [1.82, 2.24) is 9.72 Å². The summed E-state index contributed by atoms with van der Waals surface area (Å²) in [6.45, 7) is 2.04. The molecule has 1 aliphatic heterocycles. The Morgan fingerprint density at radius 3 is 3.16 bits per heavy atom. The van der Waals surface area contributed by atoms with Crippen LogP contribution >= 0.6 is 0 Å². The second-order valence-corrected chi connectivity index (χ2v) is 4.91. The number of hydrogen-bond donors (Lipinski definition) is 1. The van der Waals surface area contributed by atoms with Crippen LogP contribution in [0.25, 0.3) is 0 Å². The average molecular weight is 270 g/mol. The van der Waals surface area contributed by atoms with Crippen molar-refractivity contribution in [2.75, 3.05) is 13.2 Å². The smallest absolute Gasteiger partial charge is 0.441 e. The minimum Gasteiger partial charge on any atom is -0.481 e. The number of carboxylic acid groups (broad SMARTS) is 1. The minimum absolute atomic E-state index is 0.114. The maximum absolute atomic E-state index is 11.6. The van der Waals surface area contributed by atoms with Crippen LogP contribution < -0.4 is 5.76 Å². The van der Waals surface area contributed by atoms with Crippen LogP contribution in [0, 0.1) is 5.92 Å². The standard InChI is InChI=1S/C12H18N2O5/c1-8(11(15)16)6-18-7-9-4-2-3-5-10-13-19-12(17)14(9)10/h8-9H,2-7H2,1H3,(H,15,16)/t8-,9?/m0/s1. The molecule has 2 rings (SSSR count). The van der Waals surface area contributed by atoms with Gasteiger partial charge in [-0.25, -0.2) is 4.79 Å². The highest BCUT2D eigenvalue weighted by molar-refractivity contribution is 5.69. The quantitative estimate of drug-likeness (QED) is 0.852. The van der Waals surface area contributed by atoms with Crippen molar-refractivity contribution in [3.63, 3.8) is 0 Å². The van der Waals surface area contributed by atoms with E-state index in [1.54, 1.807) is 11.5 Å². The number of rotatable bonds is 5. The van der Waals surface area contributed by atoms with Crippen LogP contribution in [0.5, 0.6) is 0 Å². The molecule has 0 bridgehead atoms. The lowest BCUT2D eigenvalue weighted by Crippen LogP contribution is -2.26. The summed E-state index contributed by atoms with van der Waals surface area (Å²) in [7, 11) is 0. The molecule has 19 heavy (non-hydrogen) atoms. The van der Waals surface area contributed by atoms with Gasteiger partial charge in [-0.2, -0.15) is 0 Å². The lowest BCUT2D eigenvalue weighted by atomic mass is 10.1. The molecule has 0 saturated heterocycles. The molecule has 1 aromatic rings. The van der Waals surface area contributed by atoms with Gasteiger partial charge in [0.2, 0.25) is 0 Å². The topological polar surface area (TPSA) is 94.6 Å². The van der Waals surface area contributed by atoms with E-state index in [1.807, 2.05) is 0 Å². The highest BCUT2D eigenvalue weighted by Crippen LogP contribution is 2.21. The Kier molecular flexibility index (Phi) is 4.36. The molecule has 0 aromatic carbocycles. The maximum atomic E-state index is 11.6. The van der Waals surface area contributed by atoms with Crippen LogP contribution in [0.1, 0.15) is 38.1 Å². The van der Waals surface area contributed by atoms with E-state index >= 15 is 0 Å². The zero-order valence-electron chi connectivity index (χ0n) is 10.9. The number of aryl methyl sites for hydroxylation is 1. The number of fused-ring (bicyclic) bond motifs is 1. The van der Waals surface area contributed by atoms with Gasteiger partial charge in [-0.05, 0) is 19.8 Å². The molecule has 0 radical (unpaired) electrons. The summed E-state index contributed by atoms with van der Waals surface area (Å²) < 4.78 is 11.6. The Morgan fingerprint density at radius 1 is 1.63 bits per heavy atom. The molecule has 7 nitrogen and oxygen atoms in total. The monoisotopic (exact) mass is 270 g/mol. The molecule has 0 spiro atoms. The van der Waals surface area contributed by atoms with Gasteiger partial charge in [0.25, 0.3) is 0 Å². The van der Waals surface area contributed by atoms with Gasteiger partial charge in [-0.1, -0.05) is 11.6 Å². The molecular weight excluding hydrogens is 252 g/mol. The highest BCUT2D eigenvalue weighted by Gasteiger charge is 2.23. The van der Waals surface area contributed by atoms with Crippen LogP contribution in [0.3, 0.4) is 0 Å². The maximum Gasteiger partial charge on any atom is 0.441 e. The number of hydrogen-bond acceptors (Lipinski definition) is 5. The van der Waals surface area contributed by atoms with E-state index in [0.717, 1.165) is 25.7 Å². The Labute approximate surface area is 110 Å². The van der Waals surface area contributed by atoms with Crippen LogP contribution in [0.4, 0.5) is 0 Å². The van der Waals surface area contributed by atoms with Crippen molar-refractivity contribution < 1.29 is 19.2 Å². The molecule has 106 valence electrons. The molecule has 0 amide bonds. The lowest BCUT2D eigenvalue weighted by Gasteiger charge is -2.17. The summed E-state index contributed by atoms with van der Waals surface area (Å²) >= 11 is 0. The zero-order chi connectivity index (χ0) is 13.8. The molecule has 2 atom stereocenters. The van der Waals surface area contributed by atoms with E-state index in [-0.39, 0.29) is 12.6 Å². The van der Waals surface area contributed by atoms with E-state index in [4.69, 9.17) is 9.84 Å². The summed E-state index contributed by atoms with van der Waals surface area (Å²) in [5, 5.41) is 12.5. The Bertz CT molecular complexity index is 493. The fourth-order valence-electron chi connectivity index (χ4n) is 2.21. The van der Waals surface area contributed by atoms with Crippen molar-refractivity contribution in [1.29, 1.82) is 0 Å². The second kappa shape index (κ2) is 6.01. The van der Waals surface area contributed by atoms with Crippen molar-refractivity contribution >= 4 is 5.97 Å². The summed E-state index contributed by atoms with van der Waals surface area (Å²) in [6, 6.07) is -0.114. The number of aromatic nitrogens is 2. The van der Waals surface area contributed by atoms with Gasteiger partial charge in [-0.15, -0.1) is 0 Å². The first-order chi connectivity index (χ1) is 9.09. The van der Waals surface area contributed by atoms with Crippen molar-refractivity contribution in [2.45, 2.75) is 38.6 Å². The van der Waals surface area contributed by atoms with E-state index in [2.05, 4.69) is 9.68 Å². The van der Waals surface area contributed by atoms with Gasteiger partial charge in [0, 0.05) is 6.42 Å². The van der Waals surface area contributed by atoms with Gasteiger partial charge < -0.3 is 9.84 Å². The first kappa shape index (κ1) is 13.8. The first-order valence-corrected chi connectivity index (χ1v) is 6.47. The van der Waals surface area contributed by atoms with Crippen LogP contribution in [0.2, 0.25) is 0 Å². The molecule has 0 saturated carbocycles. The number of aliphatic carboxylic acids is 1. The largest absolute Gasteiger partial charge is 0.481 e. The Hall–Kier alpha value is -1.63. The fraction of sp³-hybridized carbons (Fsp3) is 0.750. The van der Waals surface area contributed by atoms with Gasteiger partial charge in [-0.3, -0.25) is 13.9 Å². The van der Waals surface area contributed by atoms with Gasteiger partial charge >= 0.3 is 11.7 Å². The SMILES string of the molecule is C[C@@H](COCC1CCCCc2noc(=O)n21)C(=O)O. The van der Waals surface area contributed by atoms with E-state index in [1.165, 1.54) is 0 Å². The summed E-state index contributed by atoms with van der Waals surface area (Å²) in [4.78, 5) is 22.3. The Balaban J connectivity index is 1.98. The fourth-order valence-corrected chi connectivity index (χ4v) is 2.21. The molecular formula is C12H18N2O5. The number of carbonyl (C=O) groups is 1. The van der Waals surface area contributed by atoms with Crippen LogP contribution in [-0.4, -0.2) is 34.0 Å². The molecule has 0 fully saturated rings. The molecule has 2 heterocycles. The van der Waals surface area contributed by atoms with Gasteiger partial charge in [0.15, 0.2) is 5.82 Å². The molecule has 1 unspecified atom stereocenters. The summed E-state index contributed by atoms with van der Waals surface area (Å²) in [5.41, 5.74) is 0. The summed E-state index contributed by atoms with van der Waals surface area (Å²) in [5.74, 6) is -1.24. The van der Waals surface area contributed by atoms with Crippen molar-refractivity contribution in [2.24, 2.45) is 5.92 Å². The normalized spacial score (nSPS) is 20.6. The lowest BCUT2D eigenvalue weighted by molar-refractivity contribution is -0.143. The molecule has 1 N–H and O–H groups in total. The average Bonchev–Trinajstić information content (AvgIpc) is 2.61. The van der Waals surface area contributed by atoms with Crippen molar-refractivity contribution in [3.8, 4) is 0 Å². The van der Waals surface area contributed by atoms with E-state index in [0.29, 0.717) is 12.4 Å². The Morgan fingerprint density at radius 2 is 2.42 bits per heavy atom. The number of ether oxygens (including phenoxy) is 1. The van der Waals surface area contributed by atoms with E-state index < -0.39 is 17.6 Å². The highest BCUT2D eigenvalue weighted by atomic mass is 16.5. The van der Waals surface area contributed by atoms with E-state index in [9.17, 15) is 9.59 Å². The predicted molar refractivity (Wildman–Crippen MR) is 65.0 cm³/mol. The third-order valence-electron chi connectivity index (χ3n) is 3.36. The van der Waals surface area contributed by atoms with Gasteiger partial charge in [0.05, 0.1) is 25.2 Å². The van der Waals surface area contributed by atoms with Crippen molar-refractivity contribution in [3.05, 3.63) is 16.4 Å². The predicted octanol–water partition coefficient (Wildman–Crippen LogP) is 0.841. The molecule has 1 aromatic heterocycles. The molecule has 7 heteroatoms. The molecule has 1 aliphatic rings. The third-order valence-corrected chi connectivity index (χ3v) is 3.36. The first-order valence-electron chi connectivity index (χ1n) is 6.47. The summed E-state index contributed by atoms with van der Waals surface area (Å²) in [6.07, 6.45) is 3.50. The number of carboxylic acids is 1. The van der Waals surface area contributed by atoms with Crippen LogP contribution in [0.15, 0.2) is 9.32 Å². The third kappa shape index (κ3) is 3.23. The minimum atomic E-state index is -0.885. The second-order valence-electron chi connectivity index (χ2n) is 4.91. The number of nitrogens with zero attached hydrogens (tertiary/aromatic N) is 2. The molecule has 0 aliphatic carbocycles.